The standard InChI is InChI=1S/C14H27O3P/c1-12(13(2,3)4)16-8-10-18(15)9-7-14(5,6)11-17-18/h1,7-11H2,2-6H3. The Bertz CT molecular complexity index is 339. The van der Waals surface area contributed by atoms with Crippen molar-refractivity contribution in [2.24, 2.45) is 10.8 Å². The molecule has 0 aliphatic carbocycles. The number of rotatable bonds is 4. The first kappa shape index (κ1) is 15.8. The van der Waals surface area contributed by atoms with Gasteiger partial charge >= 0.3 is 0 Å². The highest BCUT2D eigenvalue weighted by atomic mass is 31.2. The molecule has 1 unspecified atom stereocenters. The molecule has 18 heavy (non-hydrogen) atoms. The Morgan fingerprint density at radius 2 is 2.06 bits per heavy atom. The van der Waals surface area contributed by atoms with Crippen LogP contribution in [0.5, 0.6) is 0 Å². The van der Waals surface area contributed by atoms with E-state index in [1.54, 1.807) is 0 Å². The van der Waals surface area contributed by atoms with Crippen LogP contribution in [0.4, 0.5) is 0 Å². The molecule has 1 aliphatic rings. The molecule has 1 aliphatic heterocycles. The SMILES string of the molecule is C=C(OCCP1(=O)CCC(C)(C)CO1)C(C)(C)C. The summed E-state index contributed by atoms with van der Waals surface area (Å²) in [4.78, 5) is 0. The highest BCUT2D eigenvalue weighted by Crippen LogP contribution is 2.53. The summed E-state index contributed by atoms with van der Waals surface area (Å²) < 4.78 is 23.6. The molecule has 1 heterocycles. The molecule has 0 bridgehead atoms. The molecule has 1 fully saturated rings. The quantitative estimate of drug-likeness (QED) is 0.566. The molecule has 1 rings (SSSR count). The zero-order valence-electron chi connectivity index (χ0n) is 12.4. The van der Waals surface area contributed by atoms with Gasteiger partial charge < -0.3 is 9.26 Å². The lowest BCUT2D eigenvalue weighted by atomic mass is 9.92. The maximum Gasteiger partial charge on any atom is 0.206 e. The van der Waals surface area contributed by atoms with Gasteiger partial charge in [-0.1, -0.05) is 41.2 Å². The topological polar surface area (TPSA) is 35.5 Å². The first-order valence-corrected chi connectivity index (χ1v) is 8.58. The minimum Gasteiger partial charge on any atom is -0.497 e. The highest BCUT2D eigenvalue weighted by molar-refractivity contribution is 7.59. The summed E-state index contributed by atoms with van der Waals surface area (Å²) in [6, 6.07) is 0. The molecule has 106 valence electrons. The largest absolute Gasteiger partial charge is 0.497 e. The van der Waals surface area contributed by atoms with Crippen LogP contribution < -0.4 is 0 Å². The molecular weight excluding hydrogens is 247 g/mol. The zero-order chi connectivity index (χ0) is 14.0. The normalized spacial score (nSPS) is 27.8. The molecule has 1 atom stereocenters. The Hall–Kier alpha value is -0.270. The van der Waals surface area contributed by atoms with Gasteiger partial charge in [0.1, 0.15) is 0 Å². The van der Waals surface area contributed by atoms with Crippen molar-refractivity contribution >= 4 is 7.37 Å². The fourth-order valence-electron chi connectivity index (χ4n) is 1.60. The van der Waals surface area contributed by atoms with Gasteiger partial charge in [0.15, 0.2) is 0 Å². The van der Waals surface area contributed by atoms with Crippen molar-refractivity contribution in [2.75, 3.05) is 25.5 Å². The van der Waals surface area contributed by atoms with Crippen LogP contribution in [-0.4, -0.2) is 25.5 Å². The van der Waals surface area contributed by atoms with Gasteiger partial charge in [0.05, 0.1) is 25.1 Å². The van der Waals surface area contributed by atoms with E-state index in [0.29, 0.717) is 25.5 Å². The van der Waals surface area contributed by atoms with Crippen LogP contribution in [0.3, 0.4) is 0 Å². The number of hydrogen-bond acceptors (Lipinski definition) is 3. The Kier molecular flexibility index (Phi) is 4.72. The summed E-state index contributed by atoms with van der Waals surface area (Å²) in [6.07, 6.45) is 2.13. The number of ether oxygens (including phenoxy) is 1. The fraction of sp³-hybridized carbons (Fsp3) is 0.857. The molecule has 3 nitrogen and oxygen atoms in total. The number of hydrogen-bond donors (Lipinski definition) is 0. The second-order valence-electron chi connectivity index (χ2n) is 6.97. The fourth-order valence-corrected chi connectivity index (χ4v) is 3.98. The van der Waals surface area contributed by atoms with Crippen molar-refractivity contribution in [3.8, 4) is 0 Å². The van der Waals surface area contributed by atoms with E-state index in [9.17, 15) is 4.57 Å². The van der Waals surface area contributed by atoms with E-state index in [4.69, 9.17) is 9.26 Å². The summed E-state index contributed by atoms with van der Waals surface area (Å²) >= 11 is 0. The maximum atomic E-state index is 12.4. The van der Waals surface area contributed by atoms with Gasteiger partial charge in [0, 0.05) is 11.6 Å². The van der Waals surface area contributed by atoms with E-state index >= 15 is 0 Å². The van der Waals surface area contributed by atoms with Crippen molar-refractivity contribution in [3.05, 3.63) is 12.3 Å². The van der Waals surface area contributed by atoms with Crippen LogP contribution in [0.25, 0.3) is 0 Å². The first-order valence-electron chi connectivity index (χ1n) is 6.59. The molecular formula is C14H27O3P. The summed E-state index contributed by atoms with van der Waals surface area (Å²) in [7, 11) is -2.47. The average Bonchev–Trinajstić information content (AvgIpc) is 2.22. The third-order valence-corrected chi connectivity index (χ3v) is 5.73. The molecule has 0 aromatic heterocycles. The smallest absolute Gasteiger partial charge is 0.206 e. The van der Waals surface area contributed by atoms with E-state index < -0.39 is 7.37 Å². The minimum absolute atomic E-state index is 0.0656. The molecule has 1 saturated heterocycles. The van der Waals surface area contributed by atoms with E-state index in [1.165, 1.54) is 0 Å². The minimum atomic E-state index is -2.47. The van der Waals surface area contributed by atoms with Crippen molar-refractivity contribution in [1.82, 2.24) is 0 Å². The molecule has 0 saturated carbocycles. The van der Waals surface area contributed by atoms with Crippen LogP contribution in [-0.2, 0) is 13.8 Å². The lowest BCUT2D eigenvalue weighted by molar-refractivity contribution is 0.142. The lowest BCUT2D eigenvalue weighted by Gasteiger charge is -2.34. The van der Waals surface area contributed by atoms with Crippen molar-refractivity contribution in [2.45, 2.75) is 41.0 Å². The number of allylic oxidation sites excluding steroid dienone is 1. The predicted molar refractivity (Wildman–Crippen MR) is 76.2 cm³/mol. The van der Waals surface area contributed by atoms with Crippen LogP contribution in [0, 0.1) is 10.8 Å². The second-order valence-corrected chi connectivity index (χ2v) is 9.75. The molecule has 0 spiro atoms. The van der Waals surface area contributed by atoms with Gasteiger partial charge in [-0.05, 0) is 11.8 Å². The summed E-state index contributed by atoms with van der Waals surface area (Å²) in [5, 5.41) is 0. The lowest BCUT2D eigenvalue weighted by Crippen LogP contribution is -2.27. The van der Waals surface area contributed by atoms with Gasteiger partial charge in [0.25, 0.3) is 0 Å². The predicted octanol–water partition coefficient (Wildman–Crippen LogP) is 4.29. The Balaban J connectivity index is 2.37. The van der Waals surface area contributed by atoms with Gasteiger partial charge in [-0.15, -0.1) is 0 Å². The zero-order valence-corrected chi connectivity index (χ0v) is 13.3. The van der Waals surface area contributed by atoms with E-state index in [0.717, 1.165) is 12.2 Å². The maximum absolute atomic E-state index is 12.4. The average molecular weight is 274 g/mol. The Morgan fingerprint density at radius 1 is 1.44 bits per heavy atom. The van der Waals surface area contributed by atoms with Gasteiger partial charge in [0.2, 0.25) is 7.37 Å². The van der Waals surface area contributed by atoms with Crippen molar-refractivity contribution in [3.63, 3.8) is 0 Å². The van der Waals surface area contributed by atoms with Gasteiger partial charge in [-0.25, -0.2) is 0 Å². The van der Waals surface area contributed by atoms with E-state index in [2.05, 4.69) is 41.2 Å². The molecule has 0 amide bonds. The van der Waals surface area contributed by atoms with Crippen LogP contribution in [0.1, 0.15) is 41.0 Å². The van der Waals surface area contributed by atoms with E-state index in [-0.39, 0.29) is 10.8 Å². The molecule has 0 radical (unpaired) electrons. The van der Waals surface area contributed by atoms with Gasteiger partial charge in [-0.2, -0.15) is 0 Å². The Labute approximate surface area is 111 Å². The first-order chi connectivity index (χ1) is 8.04. The summed E-state index contributed by atoms with van der Waals surface area (Å²) in [6.45, 7) is 15.4. The molecule has 4 heteroatoms. The van der Waals surface area contributed by atoms with Gasteiger partial charge in [-0.3, -0.25) is 4.57 Å². The summed E-state index contributed by atoms with van der Waals surface area (Å²) in [5.41, 5.74) is 0.0910. The molecule has 0 aromatic carbocycles. The van der Waals surface area contributed by atoms with Crippen LogP contribution in [0.15, 0.2) is 12.3 Å². The second kappa shape index (κ2) is 5.38. The van der Waals surface area contributed by atoms with Crippen molar-refractivity contribution < 1.29 is 13.8 Å². The van der Waals surface area contributed by atoms with Crippen molar-refractivity contribution in [1.29, 1.82) is 0 Å². The third kappa shape index (κ3) is 4.78. The molecule has 0 aromatic rings. The monoisotopic (exact) mass is 274 g/mol. The highest BCUT2D eigenvalue weighted by Gasteiger charge is 2.35. The molecule has 0 N–H and O–H groups in total. The Morgan fingerprint density at radius 3 is 2.50 bits per heavy atom. The third-order valence-electron chi connectivity index (χ3n) is 3.36. The van der Waals surface area contributed by atoms with Crippen LogP contribution in [0.2, 0.25) is 0 Å². The van der Waals surface area contributed by atoms with Crippen LogP contribution >= 0.6 is 7.37 Å². The van der Waals surface area contributed by atoms with E-state index in [1.807, 2.05) is 0 Å². The summed E-state index contributed by atoms with van der Waals surface area (Å²) in [5.74, 6) is 0.742.